The zero-order chi connectivity index (χ0) is 52.5. The van der Waals surface area contributed by atoms with E-state index in [1.807, 2.05) is 110 Å². The van der Waals surface area contributed by atoms with Gasteiger partial charge in [0.15, 0.2) is 16.7 Å². The van der Waals surface area contributed by atoms with Crippen LogP contribution in [0.3, 0.4) is 0 Å². The Bertz CT molecular complexity index is 3110. The van der Waals surface area contributed by atoms with Crippen molar-refractivity contribution in [3.05, 3.63) is 136 Å². The van der Waals surface area contributed by atoms with E-state index in [0.717, 1.165) is 65.7 Å². The Kier molecular flexibility index (Phi) is 15.6. The van der Waals surface area contributed by atoms with E-state index in [1.165, 1.54) is 39.8 Å². The molecule has 74 heavy (non-hydrogen) atoms. The molecule has 4 aliphatic heterocycles. The summed E-state index contributed by atoms with van der Waals surface area (Å²) in [6.07, 6.45) is 3.89. The van der Waals surface area contributed by atoms with Crippen LogP contribution >= 0.6 is 21.6 Å². The van der Waals surface area contributed by atoms with Gasteiger partial charge in [-0.25, -0.2) is 0 Å². The van der Waals surface area contributed by atoms with Crippen molar-refractivity contribution in [2.45, 2.75) is 101 Å². The summed E-state index contributed by atoms with van der Waals surface area (Å²) in [6, 6.07) is 29.6. The van der Waals surface area contributed by atoms with Crippen molar-refractivity contribution in [2.75, 3.05) is 60.6 Å². The Hall–Kier alpha value is -6.21. The Morgan fingerprint density at radius 1 is 0.784 bits per heavy atom. The quantitative estimate of drug-likeness (QED) is 0.0456. The van der Waals surface area contributed by atoms with Gasteiger partial charge in [0.2, 0.25) is 11.8 Å². The summed E-state index contributed by atoms with van der Waals surface area (Å²) in [5.41, 5.74) is 10.1. The number of ether oxygens (including phenoxy) is 3. The van der Waals surface area contributed by atoms with Gasteiger partial charge in [0.1, 0.15) is 19.0 Å². The number of anilines is 4. The van der Waals surface area contributed by atoms with Gasteiger partial charge in [-0.1, -0.05) is 58.0 Å². The van der Waals surface area contributed by atoms with Crippen molar-refractivity contribution in [1.82, 2.24) is 5.32 Å². The number of hydrogen-bond donors (Lipinski definition) is 2. The van der Waals surface area contributed by atoms with Gasteiger partial charge in [-0.05, 0) is 141 Å². The van der Waals surface area contributed by atoms with Crippen LogP contribution < -0.4 is 39.5 Å². The summed E-state index contributed by atoms with van der Waals surface area (Å²) >= 11 is 0. The highest BCUT2D eigenvalue weighted by atomic mass is 33.1. The van der Waals surface area contributed by atoms with Crippen LogP contribution in [0.5, 0.6) is 17.2 Å². The molecule has 0 fully saturated rings. The monoisotopic (exact) mass is 1060 g/mol. The molecular formula is C56H63N5O10S3. The first-order valence-electron chi connectivity index (χ1n) is 24.9. The maximum Gasteiger partial charge on any atom is 0.279 e. The van der Waals surface area contributed by atoms with Gasteiger partial charge < -0.3 is 39.5 Å². The molecule has 0 spiro atoms. The fourth-order valence-corrected chi connectivity index (χ4v) is 14.3. The topological polar surface area (TPSA) is 173 Å². The van der Waals surface area contributed by atoms with E-state index in [4.69, 9.17) is 14.2 Å². The molecule has 0 radical (unpaired) electrons. The number of nitrogens with one attached hydrogen (secondary N) is 2. The third-order valence-corrected chi connectivity index (χ3v) is 19.3. The largest absolute Gasteiger partial charge is 0.493 e. The van der Waals surface area contributed by atoms with Gasteiger partial charge >= 0.3 is 0 Å². The molecule has 5 aromatic rings. The van der Waals surface area contributed by atoms with Crippen molar-refractivity contribution < 1.29 is 46.0 Å². The molecule has 0 aliphatic carbocycles. The maximum atomic E-state index is 14.2. The minimum absolute atomic E-state index is 0.0114. The first-order chi connectivity index (χ1) is 35.5. The third kappa shape index (κ3) is 11.1. The molecule has 9 rings (SSSR count). The number of carbonyl (C=O) groups excluding carboxylic acids is 4. The second-order valence-corrected chi connectivity index (χ2v) is 24.9. The minimum Gasteiger partial charge on any atom is -0.493 e. The molecule has 0 bridgehead atoms. The molecule has 4 heterocycles. The highest BCUT2D eigenvalue weighted by molar-refractivity contribution is 8.77. The van der Waals surface area contributed by atoms with Crippen LogP contribution in [0.15, 0.2) is 91.0 Å². The number of methoxy groups -OCH3 is 1. The second kappa shape index (κ2) is 21.9. The van der Waals surface area contributed by atoms with Crippen LogP contribution in [-0.4, -0.2) is 94.7 Å². The van der Waals surface area contributed by atoms with Crippen LogP contribution in [0, 0.1) is 6.92 Å². The lowest BCUT2D eigenvalue weighted by atomic mass is 9.99. The normalized spacial score (nSPS) is 17.2. The lowest BCUT2D eigenvalue weighted by Crippen LogP contribution is -2.41. The van der Waals surface area contributed by atoms with Crippen LogP contribution in [-0.2, 0) is 56.4 Å². The number of rotatable bonds is 19. The standard InChI is InChI=1S/C56H63N5O10S3/c1-34-22-44-47(59(5)31-42-27-39-13-9-11-15-46(39)61(42)55(44)65)30-48(34)70-32-35-23-36(25-40(24-35)58-52(62)18-20-56(2,3)73-72-21-19-51(53(63)57-4)74(66,67)69-7)33-71-50-28-37-16-17-41-26-38-12-8-10-14-45(38)60(41)54(64)43(37)29-49(50)68-6/h8-15,22-25,28-30,41-42,51H,16-21,26-27,31-33H2,1-7H3,(H,57,63)(H,58,62)/t41-,42+,51?/m1/s1. The Labute approximate surface area is 441 Å². The van der Waals surface area contributed by atoms with Crippen molar-refractivity contribution in [1.29, 1.82) is 0 Å². The van der Waals surface area contributed by atoms with Gasteiger partial charge in [-0.15, -0.1) is 0 Å². The minimum atomic E-state index is -4.06. The van der Waals surface area contributed by atoms with E-state index in [0.29, 0.717) is 59.2 Å². The average molecular weight is 1060 g/mol. The molecule has 15 nitrogen and oxygen atoms in total. The summed E-state index contributed by atoms with van der Waals surface area (Å²) in [7, 11) is 4.92. The Morgan fingerprint density at radius 2 is 1.42 bits per heavy atom. The molecule has 3 atom stereocenters. The first kappa shape index (κ1) is 52.6. The first-order valence-corrected chi connectivity index (χ1v) is 28.7. The van der Waals surface area contributed by atoms with E-state index in [9.17, 15) is 27.6 Å². The number of likely N-dealkylation sites (N-methyl/N-ethyl adjacent to an activating group) is 1. The number of amides is 4. The van der Waals surface area contributed by atoms with E-state index in [2.05, 4.69) is 31.8 Å². The van der Waals surface area contributed by atoms with Gasteiger partial charge in [-0.2, -0.15) is 8.42 Å². The van der Waals surface area contributed by atoms with E-state index < -0.39 is 21.3 Å². The summed E-state index contributed by atoms with van der Waals surface area (Å²) in [5.74, 6) is 1.04. The molecule has 0 saturated carbocycles. The maximum absolute atomic E-state index is 14.2. The zero-order valence-electron chi connectivity index (χ0n) is 42.8. The zero-order valence-corrected chi connectivity index (χ0v) is 45.3. The molecule has 0 aromatic heterocycles. The summed E-state index contributed by atoms with van der Waals surface area (Å²) < 4.78 is 48.0. The van der Waals surface area contributed by atoms with E-state index in [-0.39, 0.29) is 60.6 Å². The number of hydrogen-bond acceptors (Lipinski definition) is 13. The number of para-hydroxylation sites is 2. The second-order valence-electron chi connectivity index (χ2n) is 19.9. The number of nitrogens with zero attached hydrogens (tertiary/aromatic N) is 3. The Balaban J connectivity index is 0.921. The molecule has 0 saturated heterocycles. The molecule has 4 amide bonds. The fraction of sp³-hybridized carbons (Fsp3) is 0.393. The predicted octanol–water partition coefficient (Wildman–Crippen LogP) is 9.06. The van der Waals surface area contributed by atoms with Crippen LogP contribution in [0.25, 0.3) is 0 Å². The van der Waals surface area contributed by atoms with Gasteiger partial charge in [0, 0.05) is 72.3 Å². The van der Waals surface area contributed by atoms with Crippen molar-refractivity contribution in [3.8, 4) is 17.2 Å². The lowest BCUT2D eigenvalue weighted by molar-refractivity contribution is -0.120. The van der Waals surface area contributed by atoms with E-state index >= 15 is 0 Å². The fourth-order valence-electron chi connectivity index (χ4n) is 10.5. The number of aryl methyl sites for hydroxylation is 2. The van der Waals surface area contributed by atoms with Crippen molar-refractivity contribution in [3.63, 3.8) is 0 Å². The van der Waals surface area contributed by atoms with Gasteiger partial charge in [0.05, 0.1) is 31.5 Å². The van der Waals surface area contributed by atoms with Crippen LogP contribution in [0.1, 0.15) is 93.6 Å². The van der Waals surface area contributed by atoms with Crippen molar-refractivity contribution >= 4 is 78.1 Å². The molecule has 390 valence electrons. The van der Waals surface area contributed by atoms with Gasteiger partial charge in [-0.3, -0.25) is 23.4 Å². The van der Waals surface area contributed by atoms with E-state index in [1.54, 1.807) is 13.2 Å². The van der Waals surface area contributed by atoms with Crippen LogP contribution in [0.2, 0.25) is 0 Å². The number of fused-ring (bicyclic) bond motifs is 8. The summed E-state index contributed by atoms with van der Waals surface area (Å²) in [4.78, 5) is 60.4. The summed E-state index contributed by atoms with van der Waals surface area (Å²) in [5, 5.41) is 4.19. The molecule has 4 aliphatic rings. The molecule has 2 N–H and O–H groups in total. The molecular weight excluding hydrogens is 999 g/mol. The molecule has 5 aromatic carbocycles. The third-order valence-electron chi connectivity index (χ3n) is 14.3. The smallest absolute Gasteiger partial charge is 0.279 e. The highest BCUT2D eigenvalue weighted by Gasteiger charge is 2.40. The summed E-state index contributed by atoms with van der Waals surface area (Å²) in [6.45, 7) is 6.89. The Morgan fingerprint density at radius 3 is 2.08 bits per heavy atom. The number of carbonyl (C=O) groups is 4. The SMILES string of the molecule is CNC(=O)C(CCSSC(C)(C)CCC(=O)Nc1cc(COc2cc3c(cc2C)C(=O)N2c4ccccc4C[C@H]2CN3C)cc(COc2cc3c(cc2OC)C(=O)N2c4ccccc4C[C@H]2CC3)c1)S(=O)(=O)OC. The highest BCUT2D eigenvalue weighted by Crippen LogP contribution is 2.43. The van der Waals surface area contributed by atoms with Gasteiger partial charge in [0.25, 0.3) is 21.9 Å². The predicted molar refractivity (Wildman–Crippen MR) is 293 cm³/mol. The number of benzene rings is 5. The van der Waals surface area contributed by atoms with Crippen LogP contribution in [0.4, 0.5) is 22.7 Å². The average Bonchev–Trinajstić information content (AvgIpc) is 3.88. The van der Waals surface area contributed by atoms with Crippen molar-refractivity contribution in [2.24, 2.45) is 0 Å². The lowest BCUT2D eigenvalue weighted by Gasteiger charge is -2.25. The molecule has 18 heteroatoms. The molecule has 1 unspecified atom stereocenters.